The standard InChI is InChI=1S/C14H32N2O2S/c1-12(2)16(13(3)4)10-8-15-9-11-19(17,18)14(5,6)7/h12-13,15H,8-11H2,1-7H3. The van der Waals surface area contributed by atoms with Gasteiger partial charge in [0.25, 0.3) is 0 Å². The number of sulfone groups is 1. The first kappa shape index (κ1) is 18.9. The van der Waals surface area contributed by atoms with E-state index < -0.39 is 14.6 Å². The number of nitrogens with one attached hydrogen (secondary N) is 1. The number of nitrogens with zero attached hydrogens (tertiary/aromatic N) is 1. The van der Waals surface area contributed by atoms with Gasteiger partial charge in [0.05, 0.1) is 10.5 Å². The second-order valence-corrected chi connectivity index (χ2v) is 9.47. The summed E-state index contributed by atoms with van der Waals surface area (Å²) in [6.07, 6.45) is 0. The highest BCUT2D eigenvalue weighted by Crippen LogP contribution is 2.15. The predicted octanol–water partition coefficient (Wildman–Crippen LogP) is 1.91. The third kappa shape index (κ3) is 6.72. The van der Waals surface area contributed by atoms with Crippen LogP contribution in [0.15, 0.2) is 0 Å². The lowest BCUT2D eigenvalue weighted by molar-refractivity contribution is 0.176. The summed E-state index contributed by atoms with van der Waals surface area (Å²) in [6.45, 7) is 16.3. The maximum Gasteiger partial charge on any atom is 0.156 e. The quantitative estimate of drug-likeness (QED) is 0.694. The van der Waals surface area contributed by atoms with E-state index in [-0.39, 0.29) is 5.75 Å². The van der Waals surface area contributed by atoms with Crippen LogP contribution in [0.4, 0.5) is 0 Å². The molecule has 1 N–H and O–H groups in total. The highest BCUT2D eigenvalue weighted by Gasteiger charge is 2.28. The van der Waals surface area contributed by atoms with Crippen LogP contribution in [0.3, 0.4) is 0 Å². The van der Waals surface area contributed by atoms with Gasteiger partial charge in [-0.25, -0.2) is 8.42 Å². The van der Waals surface area contributed by atoms with Crippen molar-refractivity contribution in [1.29, 1.82) is 0 Å². The Bertz CT molecular complexity index is 335. The molecule has 0 bridgehead atoms. The van der Waals surface area contributed by atoms with Gasteiger partial charge in [-0.05, 0) is 48.5 Å². The van der Waals surface area contributed by atoms with Crippen LogP contribution in [-0.2, 0) is 9.84 Å². The average molecular weight is 292 g/mol. The molecule has 0 aliphatic rings. The van der Waals surface area contributed by atoms with Gasteiger partial charge in [0, 0.05) is 31.7 Å². The van der Waals surface area contributed by atoms with Crippen molar-refractivity contribution in [2.45, 2.75) is 65.3 Å². The second-order valence-electron chi connectivity index (χ2n) is 6.61. The first-order chi connectivity index (χ1) is 8.49. The monoisotopic (exact) mass is 292 g/mol. The summed E-state index contributed by atoms with van der Waals surface area (Å²) in [7, 11) is -3.01. The number of hydrogen-bond donors (Lipinski definition) is 1. The molecule has 0 aliphatic carbocycles. The van der Waals surface area contributed by atoms with Crippen molar-refractivity contribution < 1.29 is 8.42 Å². The van der Waals surface area contributed by atoms with E-state index in [2.05, 4.69) is 37.9 Å². The molecule has 0 amide bonds. The molecular formula is C14H32N2O2S. The van der Waals surface area contributed by atoms with Gasteiger partial charge >= 0.3 is 0 Å². The Kier molecular flexibility index (Phi) is 7.55. The maximum absolute atomic E-state index is 11.9. The van der Waals surface area contributed by atoms with Crippen LogP contribution < -0.4 is 5.32 Å². The topological polar surface area (TPSA) is 49.4 Å². The number of rotatable bonds is 8. The van der Waals surface area contributed by atoms with E-state index in [0.717, 1.165) is 13.1 Å². The molecule has 0 saturated carbocycles. The fourth-order valence-corrected chi connectivity index (χ4v) is 2.98. The van der Waals surface area contributed by atoms with Crippen LogP contribution in [0.25, 0.3) is 0 Å². The number of hydrogen-bond acceptors (Lipinski definition) is 4. The molecule has 19 heavy (non-hydrogen) atoms. The summed E-state index contributed by atoms with van der Waals surface area (Å²) in [5, 5.41) is 3.23. The summed E-state index contributed by atoms with van der Waals surface area (Å²) in [6, 6.07) is 1.03. The van der Waals surface area contributed by atoms with Crippen molar-refractivity contribution in [3.05, 3.63) is 0 Å². The van der Waals surface area contributed by atoms with Gasteiger partial charge in [-0.2, -0.15) is 0 Å². The van der Waals surface area contributed by atoms with E-state index in [1.54, 1.807) is 20.8 Å². The van der Waals surface area contributed by atoms with Crippen molar-refractivity contribution in [2.75, 3.05) is 25.4 Å². The predicted molar refractivity (Wildman–Crippen MR) is 83.4 cm³/mol. The third-order valence-corrected chi connectivity index (χ3v) is 5.96. The summed E-state index contributed by atoms with van der Waals surface area (Å²) in [4.78, 5) is 2.39. The van der Waals surface area contributed by atoms with E-state index in [4.69, 9.17) is 0 Å². The summed E-state index contributed by atoms with van der Waals surface area (Å²) < 4.78 is 23.2. The molecule has 4 nitrogen and oxygen atoms in total. The smallest absolute Gasteiger partial charge is 0.156 e. The van der Waals surface area contributed by atoms with Crippen LogP contribution in [0.2, 0.25) is 0 Å². The van der Waals surface area contributed by atoms with Crippen molar-refractivity contribution in [2.24, 2.45) is 0 Å². The zero-order valence-electron chi connectivity index (χ0n) is 13.7. The molecule has 0 aromatic carbocycles. The van der Waals surface area contributed by atoms with Gasteiger partial charge in [-0.1, -0.05) is 0 Å². The van der Waals surface area contributed by atoms with Crippen molar-refractivity contribution in [1.82, 2.24) is 10.2 Å². The molecule has 0 spiro atoms. The Morgan fingerprint density at radius 3 is 1.84 bits per heavy atom. The first-order valence-corrected chi connectivity index (χ1v) is 8.83. The van der Waals surface area contributed by atoms with E-state index in [1.165, 1.54) is 0 Å². The Labute approximate surface area is 119 Å². The molecule has 116 valence electrons. The van der Waals surface area contributed by atoms with Crippen molar-refractivity contribution in [3.8, 4) is 0 Å². The molecule has 0 aliphatic heterocycles. The highest BCUT2D eigenvalue weighted by atomic mass is 32.2. The lowest BCUT2D eigenvalue weighted by Gasteiger charge is -2.30. The van der Waals surface area contributed by atoms with Crippen LogP contribution in [0.5, 0.6) is 0 Å². The Balaban J connectivity index is 4.01. The molecule has 0 fully saturated rings. The Hall–Kier alpha value is -0.130. The molecule has 0 atom stereocenters. The van der Waals surface area contributed by atoms with Gasteiger partial charge in [0.2, 0.25) is 0 Å². The molecule has 0 saturated heterocycles. The largest absolute Gasteiger partial charge is 0.314 e. The fourth-order valence-electron chi connectivity index (χ4n) is 1.96. The molecule has 5 heteroatoms. The van der Waals surface area contributed by atoms with Gasteiger partial charge in [-0.15, -0.1) is 0 Å². The van der Waals surface area contributed by atoms with Crippen LogP contribution in [-0.4, -0.2) is 55.5 Å². The minimum Gasteiger partial charge on any atom is -0.314 e. The van der Waals surface area contributed by atoms with Gasteiger partial charge in [-0.3, -0.25) is 4.90 Å². The van der Waals surface area contributed by atoms with Crippen molar-refractivity contribution >= 4 is 9.84 Å². The van der Waals surface area contributed by atoms with Gasteiger partial charge in [0.15, 0.2) is 9.84 Å². The lowest BCUT2D eigenvalue weighted by Crippen LogP contribution is -2.42. The zero-order chi connectivity index (χ0) is 15.3. The molecule has 0 heterocycles. The summed E-state index contributed by atoms with van der Waals surface area (Å²) >= 11 is 0. The lowest BCUT2D eigenvalue weighted by atomic mass is 10.2. The van der Waals surface area contributed by atoms with E-state index in [0.29, 0.717) is 18.6 Å². The molecule has 0 aromatic rings. The van der Waals surface area contributed by atoms with Crippen molar-refractivity contribution in [3.63, 3.8) is 0 Å². The normalized spacial score (nSPS) is 13.8. The van der Waals surface area contributed by atoms with Gasteiger partial charge < -0.3 is 5.32 Å². The molecule has 0 unspecified atom stereocenters. The van der Waals surface area contributed by atoms with E-state index >= 15 is 0 Å². The molecule has 0 radical (unpaired) electrons. The second kappa shape index (κ2) is 7.60. The molecular weight excluding hydrogens is 260 g/mol. The fraction of sp³-hybridized carbons (Fsp3) is 1.00. The molecule has 0 aromatic heterocycles. The SMILES string of the molecule is CC(C)N(CCNCCS(=O)(=O)C(C)(C)C)C(C)C. The summed E-state index contributed by atoms with van der Waals surface area (Å²) in [5.74, 6) is 0.208. The Morgan fingerprint density at radius 1 is 1.00 bits per heavy atom. The molecule has 0 rings (SSSR count). The van der Waals surface area contributed by atoms with Crippen LogP contribution in [0, 0.1) is 0 Å². The Morgan fingerprint density at radius 2 is 1.47 bits per heavy atom. The first-order valence-electron chi connectivity index (χ1n) is 7.18. The minimum absolute atomic E-state index is 0.208. The van der Waals surface area contributed by atoms with E-state index in [9.17, 15) is 8.42 Å². The zero-order valence-corrected chi connectivity index (χ0v) is 14.5. The summed E-state index contributed by atoms with van der Waals surface area (Å²) in [5.41, 5.74) is 0. The van der Waals surface area contributed by atoms with E-state index in [1.807, 2.05) is 0 Å². The average Bonchev–Trinajstić information content (AvgIpc) is 2.20. The maximum atomic E-state index is 11.9. The third-order valence-electron chi connectivity index (χ3n) is 3.35. The van der Waals surface area contributed by atoms with Gasteiger partial charge in [0.1, 0.15) is 0 Å². The minimum atomic E-state index is -3.01. The van der Waals surface area contributed by atoms with Crippen LogP contribution in [0.1, 0.15) is 48.5 Å². The van der Waals surface area contributed by atoms with Crippen LogP contribution >= 0.6 is 0 Å². The highest BCUT2D eigenvalue weighted by molar-refractivity contribution is 7.92.